The molecule has 0 aromatic carbocycles. The number of hydrogen-bond acceptors (Lipinski definition) is 1. The minimum atomic E-state index is -0.0937. The molecule has 0 aromatic heterocycles. The highest BCUT2D eigenvalue weighted by atomic mass is 16.3. The van der Waals surface area contributed by atoms with Gasteiger partial charge in [-0.2, -0.15) is 0 Å². The van der Waals surface area contributed by atoms with Crippen molar-refractivity contribution in [3.8, 4) is 0 Å². The van der Waals surface area contributed by atoms with Gasteiger partial charge >= 0.3 is 0 Å². The molecule has 3 fully saturated rings. The molecule has 162 valence electrons. The van der Waals surface area contributed by atoms with Gasteiger partial charge in [0.15, 0.2) is 0 Å². The summed E-state index contributed by atoms with van der Waals surface area (Å²) in [6.45, 7) is 16.4. The number of rotatable bonds is 4. The zero-order valence-corrected chi connectivity index (χ0v) is 19.6. The average molecular weight is 397 g/mol. The van der Waals surface area contributed by atoms with E-state index in [9.17, 15) is 5.11 Å². The molecule has 0 spiro atoms. The van der Waals surface area contributed by atoms with Crippen LogP contribution in [0.5, 0.6) is 0 Å². The molecule has 1 heteroatoms. The Morgan fingerprint density at radius 2 is 1.86 bits per heavy atom. The number of fused-ring (bicyclic) bond motifs is 5. The van der Waals surface area contributed by atoms with Gasteiger partial charge in [0.25, 0.3) is 0 Å². The predicted molar refractivity (Wildman–Crippen MR) is 123 cm³/mol. The molecule has 0 bridgehead atoms. The molecule has 4 aliphatic rings. The molecule has 4 aliphatic carbocycles. The topological polar surface area (TPSA) is 20.2 Å². The van der Waals surface area contributed by atoms with E-state index in [0.717, 1.165) is 36.5 Å². The Balaban J connectivity index is 1.54. The van der Waals surface area contributed by atoms with E-state index in [4.69, 9.17) is 0 Å². The maximum atomic E-state index is 10.2. The molecule has 0 radical (unpaired) electrons. The lowest BCUT2D eigenvalue weighted by Crippen LogP contribution is -2.50. The Morgan fingerprint density at radius 3 is 2.59 bits per heavy atom. The van der Waals surface area contributed by atoms with Crippen LogP contribution in [0.1, 0.15) is 86.0 Å². The molecule has 1 N–H and O–H groups in total. The second-order valence-electron chi connectivity index (χ2n) is 11.8. The summed E-state index contributed by atoms with van der Waals surface area (Å²) in [5.41, 5.74) is 3.72. The van der Waals surface area contributed by atoms with Crippen LogP contribution in [-0.2, 0) is 0 Å². The van der Waals surface area contributed by atoms with Gasteiger partial charge in [0.1, 0.15) is 0 Å². The van der Waals surface area contributed by atoms with Crippen molar-refractivity contribution in [2.45, 2.75) is 92.1 Å². The van der Waals surface area contributed by atoms with Crippen LogP contribution in [0, 0.1) is 46.3 Å². The average Bonchev–Trinajstić information content (AvgIpc) is 3.03. The Morgan fingerprint density at radius 1 is 1.10 bits per heavy atom. The van der Waals surface area contributed by atoms with Crippen molar-refractivity contribution in [3.05, 3.63) is 36.0 Å². The maximum absolute atomic E-state index is 10.2. The van der Waals surface area contributed by atoms with Crippen molar-refractivity contribution in [3.63, 3.8) is 0 Å². The third-order valence-electron chi connectivity index (χ3n) is 10.1. The van der Waals surface area contributed by atoms with Gasteiger partial charge in [-0.3, -0.25) is 0 Å². The first-order valence-electron chi connectivity index (χ1n) is 12.4. The fraction of sp³-hybridized carbons (Fsp3) is 0.786. The van der Waals surface area contributed by atoms with Crippen LogP contribution in [0.15, 0.2) is 36.0 Å². The van der Waals surface area contributed by atoms with E-state index in [1.54, 1.807) is 5.57 Å². The predicted octanol–water partition coefficient (Wildman–Crippen LogP) is 7.33. The molecular weight excluding hydrogens is 352 g/mol. The van der Waals surface area contributed by atoms with Gasteiger partial charge < -0.3 is 5.11 Å². The van der Waals surface area contributed by atoms with Crippen molar-refractivity contribution in [2.75, 3.05) is 0 Å². The first-order chi connectivity index (χ1) is 13.7. The normalized spacial score (nSPS) is 45.5. The van der Waals surface area contributed by atoms with Gasteiger partial charge in [-0.1, -0.05) is 70.6 Å². The summed E-state index contributed by atoms with van der Waals surface area (Å²) >= 11 is 0. The van der Waals surface area contributed by atoms with Crippen molar-refractivity contribution in [2.24, 2.45) is 46.3 Å². The molecule has 4 rings (SSSR count). The summed E-state index contributed by atoms with van der Waals surface area (Å²) in [5, 5.41) is 10.2. The molecular formula is C28H44O. The van der Waals surface area contributed by atoms with Crippen LogP contribution in [0.3, 0.4) is 0 Å². The molecule has 0 saturated heterocycles. The lowest BCUT2D eigenvalue weighted by molar-refractivity contribution is -0.0540. The summed E-state index contributed by atoms with van der Waals surface area (Å²) in [6.07, 6.45) is 17.3. The number of hydrogen-bond donors (Lipinski definition) is 1. The largest absolute Gasteiger partial charge is 0.393 e. The van der Waals surface area contributed by atoms with Crippen LogP contribution >= 0.6 is 0 Å². The van der Waals surface area contributed by atoms with Crippen LogP contribution in [0.2, 0.25) is 0 Å². The molecule has 3 saturated carbocycles. The second-order valence-corrected chi connectivity index (χ2v) is 11.8. The first-order valence-corrected chi connectivity index (χ1v) is 12.4. The van der Waals surface area contributed by atoms with E-state index in [0.29, 0.717) is 22.7 Å². The monoisotopic (exact) mass is 396 g/mol. The van der Waals surface area contributed by atoms with E-state index in [-0.39, 0.29) is 6.10 Å². The summed E-state index contributed by atoms with van der Waals surface area (Å²) in [6, 6.07) is 0. The second kappa shape index (κ2) is 7.70. The van der Waals surface area contributed by atoms with Gasteiger partial charge in [-0.25, -0.2) is 0 Å². The van der Waals surface area contributed by atoms with E-state index < -0.39 is 0 Å². The standard InChI is InChI=1S/C28H44O/c1-18(2)19(3)7-8-20(4)24-11-12-25-23-10-9-21-17-22(29)13-15-27(21,5)26(23)14-16-28(24,25)6/h7-9,18,20,22-26,29H,3,10-17H2,1-2,4-6H3/b8-7+/t20-,22+,23+,24-,25+,26+,27+,28-/m1/s1. The molecule has 0 amide bonds. The molecule has 8 atom stereocenters. The van der Waals surface area contributed by atoms with Crippen LogP contribution in [-0.4, -0.2) is 11.2 Å². The van der Waals surface area contributed by atoms with Gasteiger partial charge in [-0.05, 0) is 97.7 Å². The lowest BCUT2D eigenvalue weighted by atomic mass is 9.47. The van der Waals surface area contributed by atoms with Crippen molar-refractivity contribution in [1.29, 1.82) is 0 Å². The molecule has 1 nitrogen and oxygen atoms in total. The zero-order chi connectivity index (χ0) is 21.0. The molecule has 29 heavy (non-hydrogen) atoms. The van der Waals surface area contributed by atoms with E-state index in [2.05, 4.69) is 59.4 Å². The first kappa shape index (κ1) is 21.4. The summed E-state index contributed by atoms with van der Waals surface area (Å²) in [4.78, 5) is 0. The van der Waals surface area contributed by atoms with Gasteiger partial charge in [0.05, 0.1) is 6.10 Å². The van der Waals surface area contributed by atoms with Gasteiger partial charge in [0.2, 0.25) is 0 Å². The highest BCUT2D eigenvalue weighted by Gasteiger charge is 2.58. The fourth-order valence-corrected chi connectivity index (χ4v) is 8.15. The molecule has 0 heterocycles. The third-order valence-corrected chi connectivity index (χ3v) is 10.1. The van der Waals surface area contributed by atoms with Crippen LogP contribution in [0.4, 0.5) is 0 Å². The van der Waals surface area contributed by atoms with Crippen LogP contribution < -0.4 is 0 Å². The van der Waals surface area contributed by atoms with E-state index >= 15 is 0 Å². The number of aliphatic hydroxyl groups excluding tert-OH is 1. The Kier molecular flexibility index (Phi) is 5.69. The van der Waals surface area contributed by atoms with Gasteiger partial charge in [0, 0.05) is 0 Å². The van der Waals surface area contributed by atoms with E-state index in [1.165, 1.54) is 44.1 Å². The molecule has 0 aliphatic heterocycles. The SMILES string of the molecule is C=C(/C=C/[C@@H](C)[C@H]1CC[C@H]2[C@@H]3CC=C4C[C@@H](O)CC[C@]4(C)[C@H]3CC[C@]12C)C(C)C. The fourth-order valence-electron chi connectivity index (χ4n) is 8.15. The Bertz CT molecular complexity index is 699. The third kappa shape index (κ3) is 3.50. The smallest absolute Gasteiger partial charge is 0.0577 e. The molecule has 0 unspecified atom stereocenters. The quantitative estimate of drug-likeness (QED) is 0.389. The van der Waals surface area contributed by atoms with Crippen molar-refractivity contribution < 1.29 is 5.11 Å². The summed E-state index contributed by atoms with van der Waals surface area (Å²) in [5.74, 6) is 4.60. The van der Waals surface area contributed by atoms with Crippen molar-refractivity contribution in [1.82, 2.24) is 0 Å². The highest BCUT2D eigenvalue weighted by Crippen LogP contribution is 2.67. The number of aliphatic hydroxyl groups is 1. The maximum Gasteiger partial charge on any atom is 0.0577 e. The van der Waals surface area contributed by atoms with Crippen LogP contribution in [0.25, 0.3) is 0 Å². The van der Waals surface area contributed by atoms with E-state index in [1.807, 2.05) is 0 Å². The minimum absolute atomic E-state index is 0.0937. The Labute approximate surface area is 179 Å². The minimum Gasteiger partial charge on any atom is -0.393 e. The zero-order valence-electron chi connectivity index (χ0n) is 19.6. The van der Waals surface area contributed by atoms with Gasteiger partial charge in [-0.15, -0.1) is 0 Å². The Hall–Kier alpha value is -0.820. The number of allylic oxidation sites excluding steroid dienone is 4. The summed E-state index contributed by atoms with van der Waals surface area (Å²) in [7, 11) is 0. The lowest BCUT2D eigenvalue weighted by Gasteiger charge is -2.58. The summed E-state index contributed by atoms with van der Waals surface area (Å²) < 4.78 is 0. The molecule has 0 aromatic rings. The van der Waals surface area contributed by atoms with Crippen molar-refractivity contribution >= 4 is 0 Å². The highest BCUT2D eigenvalue weighted by molar-refractivity contribution is 5.26.